The van der Waals surface area contributed by atoms with Crippen LogP contribution in [0.15, 0.2) is 23.2 Å². The molecule has 0 aromatic carbocycles. The summed E-state index contributed by atoms with van der Waals surface area (Å²) in [5, 5.41) is 6.60. The van der Waals surface area contributed by atoms with Crippen LogP contribution in [0.3, 0.4) is 0 Å². The molecule has 0 aliphatic rings. The number of aromatic nitrogens is 1. The molecule has 0 unspecified atom stereocenters. The van der Waals surface area contributed by atoms with Crippen molar-refractivity contribution in [1.29, 1.82) is 0 Å². The van der Waals surface area contributed by atoms with E-state index in [4.69, 9.17) is 9.47 Å². The zero-order chi connectivity index (χ0) is 17.6. The molecule has 0 saturated carbocycles. The van der Waals surface area contributed by atoms with E-state index in [0.29, 0.717) is 12.4 Å². The summed E-state index contributed by atoms with van der Waals surface area (Å²) < 4.78 is 10.2. The van der Waals surface area contributed by atoms with Gasteiger partial charge in [-0.3, -0.25) is 0 Å². The molecule has 0 aliphatic heterocycles. The Kier molecular flexibility index (Phi) is 10.6. The molecule has 2 N–H and O–H groups in total. The van der Waals surface area contributed by atoms with Crippen LogP contribution in [0, 0.1) is 0 Å². The van der Waals surface area contributed by atoms with Crippen molar-refractivity contribution >= 4 is 5.96 Å². The molecular formula is C17H31N5O2. The van der Waals surface area contributed by atoms with Crippen LogP contribution in [-0.4, -0.2) is 69.9 Å². The Morgan fingerprint density at radius 3 is 2.79 bits per heavy atom. The normalized spacial score (nSPS) is 11.6. The van der Waals surface area contributed by atoms with Gasteiger partial charge < -0.3 is 25.0 Å². The Hall–Kier alpha value is -1.86. The number of rotatable bonds is 11. The highest BCUT2D eigenvalue weighted by Crippen LogP contribution is 2.07. The average Bonchev–Trinajstić information content (AvgIpc) is 2.60. The van der Waals surface area contributed by atoms with Crippen LogP contribution in [0.5, 0.6) is 5.88 Å². The number of guanidine groups is 1. The van der Waals surface area contributed by atoms with Crippen molar-refractivity contribution in [3.63, 3.8) is 0 Å². The van der Waals surface area contributed by atoms with Gasteiger partial charge in [0.05, 0.1) is 19.3 Å². The number of nitrogens with zero attached hydrogens (tertiary/aromatic N) is 3. The lowest BCUT2D eigenvalue weighted by Crippen LogP contribution is -2.41. The third-order valence-corrected chi connectivity index (χ3v) is 3.41. The minimum Gasteiger partial charge on any atom is -0.481 e. The number of likely N-dealkylation sites (N-methyl/N-ethyl adjacent to an activating group) is 1. The van der Waals surface area contributed by atoms with E-state index < -0.39 is 0 Å². The van der Waals surface area contributed by atoms with E-state index in [9.17, 15) is 0 Å². The Balaban J connectivity index is 2.41. The Bertz CT molecular complexity index is 482. The number of pyridine rings is 1. The number of methoxy groups -OCH3 is 2. The van der Waals surface area contributed by atoms with Gasteiger partial charge in [-0.1, -0.05) is 6.07 Å². The first-order valence-electron chi connectivity index (χ1n) is 8.39. The van der Waals surface area contributed by atoms with Crippen molar-refractivity contribution in [2.75, 3.05) is 54.1 Å². The molecule has 7 nitrogen and oxygen atoms in total. The second-order valence-corrected chi connectivity index (χ2v) is 5.44. The van der Waals surface area contributed by atoms with Gasteiger partial charge in [-0.05, 0) is 26.5 Å². The van der Waals surface area contributed by atoms with Gasteiger partial charge in [0, 0.05) is 46.0 Å². The van der Waals surface area contributed by atoms with Crippen molar-refractivity contribution < 1.29 is 9.47 Å². The standard InChI is InChI=1S/C17H31N5O2/c1-5-18-17(19-10-12-22(2)11-7-13-23-3)20-14-15-8-6-9-16(21-15)24-4/h6,8-9H,5,7,10-14H2,1-4H3,(H2,18,19,20). The van der Waals surface area contributed by atoms with Gasteiger partial charge >= 0.3 is 0 Å². The molecule has 0 amide bonds. The molecule has 7 heteroatoms. The molecule has 0 saturated heterocycles. The summed E-state index contributed by atoms with van der Waals surface area (Å²) in [6.45, 7) is 6.99. The number of ether oxygens (including phenoxy) is 2. The van der Waals surface area contributed by atoms with E-state index in [-0.39, 0.29) is 0 Å². The van der Waals surface area contributed by atoms with Crippen molar-refractivity contribution in [2.24, 2.45) is 4.99 Å². The maximum Gasteiger partial charge on any atom is 0.213 e. The van der Waals surface area contributed by atoms with E-state index in [1.54, 1.807) is 14.2 Å². The topological polar surface area (TPSA) is 71.0 Å². The van der Waals surface area contributed by atoms with E-state index in [1.807, 2.05) is 18.2 Å². The van der Waals surface area contributed by atoms with Crippen LogP contribution in [0.1, 0.15) is 19.0 Å². The maximum atomic E-state index is 5.14. The molecule has 0 fully saturated rings. The second-order valence-electron chi connectivity index (χ2n) is 5.44. The lowest BCUT2D eigenvalue weighted by Gasteiger charge is -2.18. The van der Waals surface area contributed by atoms with Gasteiger partial charge in [0.15, 0.2) is 5.96 Å². The quantitative estimate of drug-likeness (QED) is 0.358. The van der Waals surface area contributed by atoms with Crippen molar-refractivity contribution in [3.8, 4) is 5.88 Å². The zero-order valence-electron chi connectivity index (χ0n) is 15.3. The Morgan fingerprint density at radius 2 is 2.08 bits per heavy atom. The molecule has 24 heavy (non-hydrogen) atoms. The van der Waals surface area contributed by atoms with E-state index >= 15 is 0 Å². The molecule has 1 aromatic rings. The minimum absolute atomic E-state index is 0.510. The van der Waals surface area contributed by atoms with Crippen LogP contribution in [0.4, 0.5) is 0 Å². The van der Waals surface area contributed by atoms with Crippen LogP contribution in [0.2, 0.25) is 0 Å². The molecule has 0 bridgehead atoms. The predicted molar refractivity (Wildman–Crippen MR) is 97.6 cm³/mol. The summed E-state index contributed by atoms with van der Waals surface area (Å²) in [5.41, 5.74) is 0.878. The molecule has 1 heterocycles. The van der Waals surface area contributed by atoms with Crippen molar-refractivity contribution in [2.45, 2.75) is 19.9 Å². The van der Waals surface area contributed by atoms with E-state index in [0.717, 1.165) is 50.9 Å². The van der Waals surface area contributed by atoms with Crippen LogP contribution < -0.4 is 15.4 Å². The zero-order valence-corrected chi connectivity index (χ0v) is 15.3. The van der Waals surface area contributed by atoms with Crippen LogP contribution in [-0.2, 0) is 11.3 Å². The summed E-state index contributed by atoms with van der Waals surface area (Å²) in [7, 11) is 5.46. The van der Waals surface area contributed by atoms with E-state index in [2.05, 4.69) is 39.5 Å². The Morgan fingerprint density at radius 1 is 1.25 bits per heavy atom. The minimum atomic E-state index is 0.510. The summed E-state index contributed by atoms with van der Waals surface area (Å²) in [6.07, 6.45) is 1.04. The fraction of sp³-hybridized carbons (Fsp3) is 0.647. The summed E-state index contributed by atoms with van der Waals surface area (Å²) in [5.74, 6) is 1.41. The summed E-state index contributed by atoms with van der Waals surface area (Å²) in [6, 6.07) is 5.70. The lowest BCUT2D eigenvalue weighted by atomic mass is 10.3. The Labute approximate surface area is 145 Å². The first-order chi connectivity index (χ1) is 11.7. The van der Waals surface area contributed by atoms with Crippen molar-refractivity contribution in [1.82, 2.24) is 20.5 Å². The van der Waals surface area contributed by atoms with E-state index in [1.165, 1.54) is 0 Å². The highest BCUT2D eigenvalue weighted by Gasteiger charge is 2.02. The lowest BCUT2D eigenvalue weighted by molar-refractivity contribution is 0.180. The second kappa shape index (κ2) is 12.5. The van der Waals surface area contributed by atoms with Gasteiger partial charge in [-0.15, -0.1) is 0 Å². The highest BCUT2D eigenvalue weighted by molar-refractivity contribution is 5.79. The molecule has 0 radical (unpaired) electrons. The fourth-order valence-electron chi connectivity index (χ4n) is 2.12. The molecule has 1 aromatic heterocycles. The van der Waals surface area contributed by atoms with Gasteiger partial charge in [0.1, 0.15) is 0 Å². The van der Waals surface area contributed by atoms with Crippen molar-refractivity contribution in [3.05, 3.63) is 23.9 Å². The SMILES string of the molecule is CCNC(=NCc1cccc(OC)n1)NCCN(C)CCCOC. The smallest absolute Gasteiger partial charge is 0.213 e. The number of aliphatic imine (C=N–C) groups is 1. The predicted octanol–water partition coefficient (Wildman–Crippen LogP) is 1.11. The first-order valence-corrected chi connectivity index (χ1v) is 8.39. The summed E-state index contributed by atoms with van der Waals surface area (Å²) in [4.78, 5) is 11.2. The fourth-order valence-corrected chi connectivity index (χ4v) is 2.12. The van der Waals surface area contributed by atoms with Crippen LogP contribution >= 0.6 is 0 Å². The van der Waals surface area contributed by atoms with Gasteiger partial charge in [-0.2, -0.15) is 0 Å². The van der Waals surface area contributed by atoms with Gasteiger partial charge in [0.25, 0.3) is 0 Å². The molecule has 1 rings (SSSR count). The van der Waals surface area contributed by atoms with Crippen LogP contribution in [0.25, 0.3) is 0 Å². The third kappa shape index (κ3) is 8.69. The van der Waals surface area contributed by atoms with Gasteiger partial charge in [-0.25, -0.2) is 9.98 Å². The summed E-state index contributed by atoms with van der Waals surface area (Å²) >= 11 is 0. The molecule has 0 spiro atoms. The maximum absolute atomic E-state index is 5.14. The molecular weight excluding hydrogens is 306 g/mol. The first kappa shape index (κ1) is 20.2. The third-order valence-electron chi connectivity index (χ3n) is 3.41. The largest absolute Gasteiger partial charge is 0.481 e. The average molecular weight is 337 g/mol. The number of hydrogen-bond acceptors (Lipinski definition) is 5. The molecule has 136 valence electrons. The highest BCUT2D eigenvalue weighted by atomic mass is 16.5. The monoisotopic (exact) mass is 337 g/mol. The number of hydrogen-bond donors (Lipinski definition) is 2. The van der Waals surface area contributed by atoms with Gasteiger partial charge in [0.2, 0.25) is 5.88 Å². The number of nitrogens with one attached hydrogen (secondary N) is 2. The molecule has 0 aliphatic carbocycles. The molecule has 0 atom stereocenters.